The molecule has 0 bridgehead atoms. The van der Waals surface area contributed by atoms with Gasteiger partial charge < -0.3 is 5.32 Å². The van der Waals surface area contributed by atoms with Gasteiger partial charge in [0.15, 0.2) is 0 Å². The van der Waals surface area contributed by atoms with Gasteiger partial charge >= 0.3 is 0 Å². The van der Waals surface area contributed by atoms with Gasteiger partial charge in [-0.1, -0.05) is 17.7 Å². The van der Waals surface area contributed by atoms with Crippen LogP contribution in [0, 0.1) is 5.82 Å². The van der Waals surface area contributed by atoms with E-state index in [1.54, 1.807) is 23.5 Å². The summed E-state index contributed by atoms with van der Waals surface area (Å²) >= 11 is 7.62. The zero-order chi connectivity index (χ0) is 12.3. The summed E-state index contributed by atoms with van der Waals surface area (Å²) in [5, 5.41) is 7.85. The molecule has 1 heterocycles. The molecule has 2 aromatic rings. The summed E-state index contributed by atoms with van der Waals surface area (Å²) < 4.78 is 13.5. The van der Waals surface area contributed by atoms with Crippen LogP contribution in [0.4, 0.5) is 4.39 Å². The molecule has 1 nitrogen and oxygen atoms in total. The van der Waals surface area contributed by atoms with Crippen molar-refractivity contribution in [2.45, 2.75) is 19.5 Å². The minimum absolute atomic E-state index is 0.192. The summed E-state index contributed by atoms with van der Waals surface area (Å²) in [5.41, 5.74) is 1.73. The van der Waals surface area contributed by atoms with Crippen LogP contribution in [0.5, 0.6) is 0 Å². The average molecular weight is 270 g/mol. The molecule has 1 unspecified atom stereocenters. The van der Waals surface area contributed by atoms with Crippen molar-refractivity contribution in [3.8, 4) is 0 Å². The standard InChI is InChI=1S/C13H13ClFNS/c1-9(10-5-6-17-8-10)16-7-11-12(14)3-2-4-13(11)15/h2-6,8-9,16H,7H2,1H3. The van der Waals surface area contributed by atoms with Crippen LogP contribution in [-0.4, -0.2) is 0 Å². The minimum atomic E-state index is -0.262. The molecular formula is C13H13ClFNS. The third-order valence-corrected chi connectivity index (χ3v) is 3.75. The Morgan fingerprint density at radius 1 is 1.41 bits per heavy atom. The molecule has 90 valence electrons. The van der Waals surface area contributed by atoms with Crippen molar-refractivity contribution < 1.29 is 4.39 Å². The van der Waals surface area contributed by atoms with Crippen molar-refractivity contribution >= 4 is 22.9 Å². The van der Waals surface area contributed by atoms with Gasteiger partial charge in [-0.3, -0.25) is 0 Å². The van der Waals surface area contributed by atoms with Gasteiger partial charge in [-0.15, -0.1) is 0 Å². The van der Waals surface area contributed by atoms with Gasteiger partial charge in [-0.2, -0.15) is 11.3 Å². The first-order valence-electron chi connectivity index (χ1n) is 5.37. The van der Waals surface area contributed by atoms with Gasteiger partial charge in [-0.25, -0.2) is 4.39 Å². The molecule has 17 heavy (non-hydrogen) atoms. The van der Waals surface area contributed by atoms with Crippen LogP contribution < -0.4 is 5.32 Å². The number of benzene rings is 1. The first-order chi connectivity index (χ1) is 8.18. The fraction of sp³-hybridized carbons (Fsp3) is 0.231. The molecular weight excluding hydrogens is 257 g/mol. The molecule has 0 spiro atoms. The van der Waals surface area contributed by atoms with Crippen LogP contribution in [0.3, 0.4) is 0 Å². The predicted octanol–water partition coefficient (Wildman–Crippen LogP) is 4.39. The fourth-order valence-electron chi connectivity index (χ4n) is 1.60. The van der Waals surface area contributed by atoms with Crippen LogP contribution in [0.2, 0.25) is 5.02 Å². The molecule has 0 aliphatic carbocycles. The second kappa shape index (κ2) is 5.63. The molecule has 1 aromatic carbocycles. The smallest absolute Gasteiger partial charge is 0.129 e. The van der Waals surface area contributed by atoms with Gasteiger partial charge in [0.1, 0.15) is 5.82 Å². The van der Waals surface area contributed by atoms with E-state index in [0.717, 1.165) is 0 Å². The highest BCUT2D eigenvalue weighted by Gasteiger charge is 2.09. The number of thiophene rings is 1. The Morgan fingerprint density at radius 3 is 2.88 bits per heavy atom. The molecule has 1 aromatic heterocycles. The van der Waals surface area contributed by atoms with E-state index in [-0.39, 0.29) is 11.9 Å². The number of rotatable bonds is 4. The maximum Gasteiger partial charge on any atom is 0.129 e. The largest absolute Gasteiger partial charge is 0.306 e. The number of nitrogens with one attached hydrogen (secondary N) is 1. The van der Waals surface area contributed by atoms with Gasteiger partial charge in [0.25, 0.3) is 0 Å². The Morgan fingerprint density at radius 2 is 2.24 bits per heavy atom. The van der Waals surface area contributed by atoms with E-state index in [0.29, 0.717) is 17.1 Å². The lowest BCUT2D eigenvalue weighted by Gasteiger charge is -2.13. The molecule has 4 heteroatoms. The van der Waals surface area contributed by atoms with Crippen LogP contribution >= 0.6 is 22.9 Å². The molecule has 1 N–H and O–H groups in total. The fourth-order valence-corrected chi connectivity index (χ4v) is 2.58. The number of halogens is 2. The highest BCUT2D eigenvalue weighted by atomic mass is 35.5. The van der Waals surface area contributed by atoms with Crippen LogP contribution in [0.25, 0.3) is 0 Å². The van der Waals surface area contributed by atoms with Crippen molar-refractivity contribution in [2.24, 2.45) is 0 Å². The van der Waals surface area contributed by atoms with Crippen molar-refractivity contribution in [1.29, 1.82) is 0 Å². The lowest BCUT2D eigenvalue weighted by Crippen LogP contribution is -2.18. The second-order valence-electron chi connectivity index (χ2n) is 3.86. The van der Waals surface area contributed by atoms with Crippen LogP contribution in [0.1, 0.15) is 24.1 Å². The monoisotopic (exact) mass is 269 g/mol. The minimum Gasteiger partial charge on any atom is -0.306 e. The van der Waals surface area contributed by atoms with E-state index in [9.17, 15) is 4.39 Å². The summed E-state index contributed by atoms with van der Waals surface area (Å²) in [7, 11) is 0. The molecule has 0 fully saturated rings. The normalized spacial score (nSPS) is 12.6. The number of hydrogen-bond donors (Lipinski definition) is 1. The molecule has 0 saturated carbocycles. The molecule has 2 rings (SSSR count). The zero-order valence-corrected chi connectivity index (χ0v) is 11.0. The van der Waals surface area contributed by atoms with E-state index in [4.69, 9.17) is 11.6 Å². The van der Waals surface area contributed by atoms with Crippen molar-refractivity contribution in [3.05, 3.63) is 57.0 Å². The Hall–Kier alpha value is -0.900. The van der Waals surface area contributed by atoms with E-state index < -0.39 is 0 Å². The summed E-state index contributed by atoms with van der Waals surface area (Å²) in [6.45, 7) is 2.49. The van der Waals surface area contributed by atoms with Crippen LogP contribution in [-0.2, 0) is 6.54 Å². The lowest BCUT2D eigenvalue weighted by atomic mass is 10.1. The van der Waals surface area contributed by atoms with E-state index in [2.05, 4.69) is 23.7 Å². The Labute approximate surface area is 109 Å². The SMILES string of the molecule is CC(NCc1c(F)cccc1Cl)c1ccsc1. The molecule has 0 radical (unpaired) electrons. The Bertz CT molecular complexity index is 464. The highest BCUT2D eigenvalue weighted by Crippen LogP contribution is 2.21. The summed E-state index contributed by atoms with van der Waals surface area (Å²) in [4.78, 5) is 0. The molecule has 0 aliphatic rings. The molecule has 1 atom stereocenters. The van der Waals surface area contributed by atoms with Crippen molar-refractivity contribution in [2.75, 3.05) is 0 Å². The van der Waals surface area contributed by atoms with Gasteiger partial charge in [-0.05, 0) is 41.4 Å². The zero-order valence-electron chi connectivity index (χ0n) is 9.41. The summed E-state index contributed by atoms with van der Waals surface area (Å²) in [6.07, 6.45) is 0. The molecule has 0 amide bonds. The molecule has 0 saturated heterocycles. The van der Waals surface area contributed by atoms with Gasteiger partial charge in [0.05, 0.1) is 0 Å². The predicted molar refractivity (Wildman–Crippen MR) is 71.0 cm³/mol. The quantitative estimate of drug-likeness (QED) is 0.868. The Kier molecular flexibility index (Phi) is 4.15. The van der Waals surface area contributed by atoms with E-state index in [1.165, 1.54) is 11.6 Å². The van der Waals surface area contributed by atoms with E-state index in [1.807, 2.05) is 5.38 Å². The lowest BCUT2D eigenvalue weighted by molar-refractivity contribution is 0.545. The second-order valence-corrected chi connectivity index (χ2v) is 5.05. The first-order valence-corrected chi connectivity index (χ1v) is 6.69. The maximum absolute atomic E-state index is 13.5. The van der Waals surface area contributed by atoms with Crippen molar-refractivity contribution in [1.82, 2.24) is 5.32 Å². The first kappa shape index (κ1) is 12.6. The van der Waals surface area contributed by atoms with Crippen molar-refractivity contribution in [3.63, 3.8) is 0 Å². The highest BCUT2D eigenvalue weighted by molar-refractivity contribution is 7.07. The van der Waals surface area contributed by atoms with E-state index >= 15 is 0 Å². The summed E-state index contributed by atoms with van der Waals surface area (Å²) in [5.74, 6) is -0.262. The third-order valence-electron chi connectivity index (χ3n) is 2.69. The number of hydrogen-bond acceptors (Lipinski definition) is 2. The Balaban J connectivity index is 2.03. The van der Waals surface area contributed by atoms with Gasteiger partial charge in [0, 0.05) is 23.2 Å². The van der Waals surface area contributed by atoms with Crippen LogP contribution in [0.15, 0.2) is 35.0 Å². The average Bonchev–Trinajstić information content (AvgIpc) is 2.81. The summed E-state index contributed by atoms with van der Waals surface area (Å²) in [6, 6.07) is 7.00. The topological polar surface area (TPSA) is 12.0 Å². The maximum atomic E-state index is 13.5. The van der Waals surface area contributed by atoms with Gasteiger partial charge in [0.2, 0.25) is 0 Å². The third kappa shape index (κ3) is 3.06. The molecule has 0 aliphatic heterocycles.